The van der Waals surface area contributed by atoms with Gasteiger partial charge < -0.3 is 5.32 Å². The van der Waals surface area contributed by atoms with Crippen molar-refractivity contribution >= 4 is 28.5 Å². The Balaban J connectivity index is 2.70. The third kappa shape index (κ3) is 3.73. The molecule has 1 heterocycles. The van der Waals surface area contributed by atoms with Crippen LogP contribution in [0.25, 0.3) is 0 Å². The van der Waals surface area contributed by atoms with Crippen LogP contribution in [0.4, 0.5) is 4.39 Å². The minimum absolute atomic E-state index is 0.101. The molecule has 5 heteroatoms. The third-order valence-corrected chi connectivity index (χ3v) is 2.76. The van der Waals surface area contributed by atoms with E-state index in [-0.39, 0.29) is 18.1 Å². The normalized spacial score (nSPS) is 10.1. The van der Waals surface area contributed by atoms with Crippen LogP contribution in [0.15, 0.2) is 12.1 Å². The van der Waals surface area contributed by atoms with E-state index in [1.807, 2.05) is 0 Å². The van der Waals surface area contributed by atoms with Gasteiger partial charge in [-0.1, -0.05) is 22.6 Å². The van der Waals surface area contributed by atoms with Gasteiger partial charge in [-0.2, -0.15) is 0 Å². The zero-order chi connectivity index (χ0) is 11.3. The number of amides is 1. The molecular formula is C10H12FIN2O. The highest BCUT2D eigenvalue weighted by Gasteiger charge is 2.07. The van der Waals surface area contributed by atoms with E-state index in [0.29, 0.717) is 12.1 Å². The van der Waals surface area contributed by atoms with Gasteiger partial charge in [-0.25, -0.2) is 4.39 Å². The first-order valence-electron chi connectivity index (χ1n) is 4.58. The summed E-state index contributed by atoms with van der Waals surface area (Å²) in [4.78, 5) is 15.1. The van der Waals surface area contributed by atoms with Crippen molar-refractivity contribution in [3.05, 3.63) is 29.3 Å². The van der Waals surface area contributed by atoms with E-state index < -0.39 is 0 Å². The van der Waals surface area contributed by atoms with Crippen molar-refractivity contribution in [2.75, 3.05) is 7.05 Å². The molecule has 1 aromatic rings. The summed E-state index contributed by atoms with van der Waals surface area (Å²) in [7, 11) is 1.56. The Bertz CT molecular complexity index is 357. The van der Waals surface area contributed by atoms with Gasteiger partial charge in [-0.3, -0.25) is 9.78 Å². The van der Waals surface area contributed by atoms with Gasteiger partial charge >= 0.3 is 0 Å². The number of carbonyl (C=O) groups is 1. The van der Waals surface area contributed by atoms with E-state index in [1.165, 1.54) is 6.07 Å². The van der Waals surface area contributed by atoms with Gasteiger partial charge in [0, 0.05) is 24.3 Å². The lowest BCUT2D eigenvalue weighted by atomic mass is 10.2. The molecule has 0 saturated carbocycles. The van der Waals surface area contributed by atoms with Crippen molar-refractivity contribution in [2.45, 2.75) is 17.3 Å². The summed E-state index contributed by atoms with van der Waals surface area (Å²) in [6.45, 7) is 0. The van der Waals surface area contributed by atoms with Crippen LogP contribution in [0, 0.1) is 5.82 Å². The summed E-state index contributed by atoms with van der Waals surface area (Å²) in [5, 5.41) is 2.49. The number of alkyl halides is 1. The minimum Gasteiger partial charge on any atom is -0.359 e. The molecule has 1 N–H and O–H groups in total. The summed E-state index contributed by atoms with van der Waals surface area (Å²) in [6.07, 6.45) is 0.612. The van der Waals surface area contributed by atoms with Gasteiger partial charge in [0.1, 0.15) is 5.82 Å². The molecule has 0 unspecified atom stereocenters. The Morgan fingerprint density at radius 3 is 2.93 bits per heavy atom. The highest BCUT2D eigenvalue weighted by molar-refractivity contribution is 14.1. The molecule has 0 fully saturated rings. The number of carbonyl (C=O) groups excluding carboxylic acids is 1. The van der Waals surface area contributed by atoms with Crippen LogP contribution in [0.2, 0.25) is 0 Å². The summed E-state index contributed by atoms with van der Waals surface area (Å²) < 4.78 is 14.0. The zero-order valence-electron chi connectivity index (χ0n) is 8.39. The van der Waals surface area contributed by atoms with Crippen LogP contribution in [0.1, 0.15) is 17.8 Å². The smallest absolute Gasteiger partial charge is 0.220 e. The second kappa shape index (κ2) is 5.99. The maximum atomic E-state index is 13.3. The molecule has 0 aromatic carbocycles. The Morgan fingerprint density at radius 2 is 2.33 bits per heavy atom. The number of nitrogens with one attached hydrogen (secondary N) is 1. The van der Waals surface area contributed by atoms with Crippen molar-refractivity contribution in [3.63, 3.8) is 0 Å². The molecule has 0 atom stereocenters. The molecule has 0 spiro atoms. The van der Waals surface area contributed by atoms with E-state index in [9.17, 15) is 9.18 Å². The molecule has 0 bridgehead atoms. The molecule has 82 valence electrons. The van der Waals surface area contributed by atoms with Crippen LogP contribution in [-0.2, 0) is 15.6 Å². The SMILES string of the molecule is CNC(=O)CCc1nc(CI)ccc1F. The maximum absolute atomic E-state index is 13.3. The highest BCUT2D eigenvalue weighted by Crippen LogP contribution is 2.10. The summed E-state index contributed by atoms with van der Waals surface area (Å²) in [5.41, 5.74) is 1.21. The summed E-state index contributed by atoms with van der Waals surface area (Å²) in [6, 6.07) is 3.06. The predicted molar refractivity (Wildman–Crippen MR) is 64.3 cm³/mol. The standard InChI is InChI=1S/C10H12FIN2O/c1-13-10(15)5-4-9-8(11)3-2-7(6-12)14-9/h2-3H,4-6H2,1H3,(H,13,15). The van der Waals surface area contributed by atoms with Gasteiger partial charge in [-0.15, -0.1) is 0 Å². The fourth-order valence-corrected chi connectivity index (χ4v) is 1.56. The first-order valence-corrected chi connectivity index (χ1v) is 6.10. The van der Waals surface area contributed by atoms with Crippen LogP contribution < -0.4 is 5.32 Å². The molecule has 1 amide bonds. The third-order valence-electron chi connectivity index (χ3n) is 1.98. The minimum atomic E-state index is -0.340. The number of halogens is 2. The van der Waals surface area contributed by atoms with Crippen molar-refractivity contribution in [2.24, 2.45) is 0 Å². The average Bonchev–Trinajstić information content (AvgIpc) is 2.27. The van der Waals surface area contributed by atoms with Crippen LogP contribution in [0.3, 0.4) is 0 Å². The molecule has 1 aromatic heterocycles. The highest BCUT2D eigenvalue weighted by atomic mass is 127. The van der Waals surface area contributed by atoms with Crippen LogP contribution in [0.5, 0.6) is 0 Å². The first-order chi connectivity index (χ1) is 7.17. The predicted octanol–water partition coefficient (Wildman–Crippen LogP) is 1.83. The monoisotopic (exact) mass is 322 g/mol. The number of hydrogen-bond acceptors (Lipinski definition) is 2. The van der Waals surface area contributed by atoms with Crippen LogP contribution in [-0.4, -0.2) is 17.9 Å². The van der Waals surface area contributed by atoms with Crippen LogP contribution >= 0.6 is 22.6 Å². The Morgan fingerprint density at radius 1 is 1.60 bits per heavy atom. The number of aromatic nitrogens is 1. The molecule has 1 rings (SSSR count). The average molecular weight is 322 g/mol. The quantitative estimate of drug-likeness (QED) is 0.679. The number of rotatable bonds is 4. The van der Waals surface area contributed by atoms with E-state index in [4.69, 9.17) is 0 Å². The van der Waals surface area contributed by atoms with E-state index >= 15 is 0 Å². The molecular weight excluding hydrogens is 310 g/mol. The van der Waals surface area contributed by atoms with Crippen molar-refractivity contribution < 1.29 is 9.18 Å². The lowest BCUT2D eigenvalue weighted by Gasteiger charge is -2.03. The maximum Gasteiger partial charge on any atom is 0.220 e. The Kier molecular flexibility index (Phi) is 4.93. The fraction of sp³-hybridized carbons (Fsp3) is 0.400. The second-order valence-corrected chi connectivity index (χ2v) is 3.80. The lowest BCUT2D eigenvalue weighted by Crippen LogP contribution is -2.18. The Labute approximate surface area is 102 Å². The van der Waals surface area contributed by atoms with E-state index in [2.05, 4.69) is 32.9 Å². The zero-order valence-corrected chi connectivity index (χ0v) is 10.5. The molecule has 0 saturated heterocycles. The topological polar surface area (TPSA) is 42.0 Å². The lowest BCUT2D eigenvalue weighted by molar-refractivity contribution is -0.120. The Hall–Kier alpha value is -0.720. The van der Waals surface area contributed by atoms with Gasteiger partial charge in [-0.05, 0) is 12.1 Å². The molecule has 0 aliphatic carbocycles. The largest absolute Gasteiger partial charge is 0.359 e. The van der Waals surface area contributed by atoms with Gasteiger partial charge in [0.25, 0.3) is 0 Å². The first kappa shape index (κ1) is 12.4. The number of pyridine rings is 1. The number of aryl methyl sites for hydroxylation is 1. The second-order valence-electron chi connectivity index (χ2n) is 3.04. The van der Waals surface area contributed by atoms with E-state index in [1.54, 1.807) is 13.1 Å². The van der Waals surface area contributed by atoms with Crippen molar-refractivity contribution in [1.82, 2.24) is 10.3 Å². The number of hydrogen-bond donors (Lipinski definition) is 1. The fourth-order valence-electron chi connectivity index (χ4n) is 1.14. The van der Waals surface area contributed by atoms with E-state index in [0.717, 1.165) is 10.1 Å². The summed E-state index contributed by atoms with van der Waals surface area (Å²) in [5.74, 6) is -0.441. The molecule has 0 aliphatic rings. The molecule has 0 radical (unpaired) electrons. The molecule has 15 heavy (non-hydrogen) atoms. The molecule has 3 nitrogen and oxygen atoms in total. The van der Waals surface area contributed by atoms with Gasteiger partial charge in [0.15, 0.2) is 0 Å². The van der Waals surface area contributed by atoms with Crippen molar-refractivity contribution in [1.29, 1.82) is 0 Å². The number of nitrogens with zero attached hydrogens (tertiary/aromatic N) is 1. The molecule has 0 aliphatic heterocycles. The summed E-state index contributed by atoms with van der Waals surface area (Å²) >= 11 is 2.17. The van der Waals surface area contributed by atoms with Gasteiger partial charge in [0.2, 0.25) is 5.91 Å². The van der Waals surface area contributed by atoms with Crippen molar-refractivity contribution in [3.8, 4) is 0 Å². The van der Waals surface area contributed by atoms with Gasteiger partial charge in [0.05, 0.1) is 11.4 Å².